The molecule has 0 spiro atoms. The van der Waals surface area contributed by atoms with Crippen molar-refractivity contribution in [1.29, 1.82) is 15.8 Å². The van der Waals surface area contributed by atoms with Crippen LogP contribution in [0.15, 0.2) is 0 Å². The van der Waals surface area contributed by atoms with E-state index in [9.17, 15) is 0 Å². The molecule has 0 radical (unpaired) electrons. The average molecular weight is 225 g/mol. The molecule has 0 rings (SSSR count). The molecule has 0 bridgehead atoms. The monoisotopic (exact) mass is 225 g/mol. The van der Waals surface area contributed by atoms with Gasteiger partial charge in [-0.1, -0.05) is 0 Å². The summed E-state index contributed by atoms with van der Waals surface area (Å²) in [5.41, 5.74) is 0. The summed E-state index contributed by atoms with van der Waals surface area (Å²) < 4.78 is 7.40. The molecule has 0 saturated carbocycles. The van der Waals surface area contributed by atoms with Gasteiger partial charge in [0.1, 0.15) is 0 Å². The molecule has 0 atom stereocenters. The van der Waals surface area contributed by atoms with Crippen molar-refractivity contribution in [2.45, 2.75) is 6.48 Å². The van der Waals surface area contributed by atoms with E-state index >= 15 is 0 Å². The standard InChI is InChI=1S/C3H2N2O3.CH2BNO4.Li.H/c4-1-7-3(6)8-2-5;3-1-6-7-2(4)5;;/h3,6H;4-5H;;. The van der Waals surface area contributed by atoms with Gasteiger partial charge in [0.15, 0.2) is 0 Å². The Labute approximate surface area is 102 Å². The second-order valence-corrected chi connectivity index (χ2v) is 1.32. The molecule has 0 amide bonds. The van der Waals surface area contributed by atoms with Crippen molar-refractivity contribution < 1.29 is 34.3 Å². The number of nitrogens with zero attached hydrogens (tertiary/aromatic N) is 3. The fraction of sp³-hybridized carbons (Fsp3) is 0.250. The molecule has 0 saturated heterocycles. The summed E-state index contributed by atoms with van der Waals surface area (Å²) in [6, 6.07) is 0. The average Bonchev–Trinajstić information content (AvgIpc) is 2.16. The molecule has 0 aliphatic rings. The molecule has 0 heterocycles. The van der Waals surface area contributed by atoms with E-state index in [-0.39, 0.29) is 18.9 Å². The third-order valence-corrected chi connectivity index (χ3v) is 0.478. The van der Waals surface area contributed by atoms with E-state index < -0.39 is 13.8 Å². The molecule has 0 aliphatic carbocycles. The summed E-state index contributed by atoms with van der Waals surface area (Å²) in [4.78, 5) is 6.84. The fourth-order valence-electron chi connectivity index (χ4n) is 0.179. The number of nitriles is 3. The Morgan fingerprint density at radius 2 is 1.44 bits per heavy atom. The molecule has 0 unspecified atom stereocenters. The third kappa shape index (κ3) is 22.8. The normalized spacial score (nSPS) is 6.56. The van der Waals surface area contributed by atoms with E-state index in [4.69, 9.17) is 30.9 Å². The zero-order valence-corrected chi connectivity index (χ0v) is 6.97. The molecule has 10 nitrogen and oxygen atoms in total. The molecule has 16 heavy (non-hydrogen) atoms. The van der Waals surface area contributed by atoms with Crippen molar-refractivity contribution in [3.8, 4) is 18.8 Å². The molecule has 3 N–H and O–H groups in total. The van der Waals surface area contributed by atoms with Crippen LogP contribution >= 0.6 is 0 Å². The van der Waals surface area contributed by atoms with Crippen LogP contribution in [0.2, 0.25) is 0 Å². The first-order chi connectivity index (χ1) is 7.08. The van der Waals surface area contributed by atoms with Gasteiger partial charge in [-0.3, -0.25) is 4.89 Å². The van der Waals surface area contributed by atoms with Crippen LogP contribution in [-0.4, -0.2) is 47.8 Å². The maximum absolute atomic E-state index is 8.16. The van der Waals surface area contributed by atoms with Crippen LogP contribution in [0.25, 0.3) is 0 Å². The van der Waals surface area contributed by atoms with E-state index in [0.717, 1.165) is 18.8 Å². The van der Waals surface area contributed by atoms with Gasteiger partial charge in [0.25, 0.3) is 12.5 Å². The summed E-state index contributed by atoms with van der Waals surface area (Å²) in [5, 5.41) is 46.4. The van der Waals surface area contributed by atoms with Gasteiger partial charge in [0.2, 0.25) is 0 Å². The van der Waals surface area contributed by atoms with E-state index in [1.807, 2.05) is 0 Å². The summed E-state index contributed by atoms with van der Waals surface area (Å²) in [6.45, 7) is -1.76. The van der Waals surface area contributed by atoms with Crippen LogP contribution in [0.4, 0.5) is 0 Å². The van der Waals surface area contributed by atoms with Crippen molar-refractivity contribution >= 4 is 26.2 Å². The van der Waals surface area contributed by atoms with Crippen molar-refractivity contribution in [3.63, 3.8) is 0 Å². The van der Waals surface area contributed by atoms with Gasteiger partial charge < -0.3 is 24.6 Å². The maximum atomic E-state index is 8.16. The molecule has 12 heteroatoms. The van der Waals surface area contributed by atoms with Gasteiger partial charge in [0, 0.05) is 0 Å². The van der Waals surface area contributed by atoms with Gasteiger partial charge in [-0.2, -0.15) is 15.3 Å². The van der Waals surface area contributed by atoms with Gasteiger partial charge in [-0.25, -0.2) is 0 Å². The van der Waals surface area contributed by atoms with E-state index in [2.05, 4.69) is 19.2 Å². The number of hydrogen-bond donors (Lipinski definition) is 3. The second kappa shape index (κ2) is 15.8. The van der Waals surface area contributed by atoms with E-state index in [1.54, 1.807) is 0 Å². The van der Waals surface area contributed by atoms with Crippen molar-refractivity contribution in [3.05, 3.63) is 0 Å². The summed E-state index contributed by atoms with van der Waals surface area (Å²) in [6.07, 6.45) is 3.31. The summed E-state index contributed by atoms with van der Waals surface area (Å²) in [5.74, 6) is 0. The number of aliphatic hydroxyl groups is 1. The first-order valence-corrected chi connectivity index (χ1v) is 2.93. The van der Waals surface area contributed by atoms with Crippen molar-refractivity contribution in [2.75, 3.05) is 0 Å². The van der Waals surface area contributed by atoms with Crippen LogP contribution in [0.5, 0.6) is 0 Å². The molecule has 0 fully saturated rings. The molecule has 82 valence electrons. The van der Waals surface area contributed by atoms with Gasteiger partial charge in [-0.05, 0) is 0 Å². The van der Waals surface area contributed by atoms with Crippen LogP contribution in [0, 0.1) is 34.6 Å². The van der Waals surface area contributed by atoms with Gasteiger partial charge in [0.05, 0.1) is 0 Å². The zero-order chi connectivity index (χ0) is 12.1. The fourth-order valence-corrected chi connectivity index (χ4v) is 0.179. The molecule has 0 aromatic carbocycles. The molecule has 0 aromatic rings. The van der Waals surface area contributed by atoms with Crippen LogP contribution in [0.1, 0.15) is 0 Å². The second-order valence-electron chi connectivity index (χ2n) is 1.32. The summed E-state index contributed by atoms with van der Waals surface area (Å²) >= 11 is 0. The SMILES string of the molecule is N#COC(O)OC#N.N#COOB(O)O.[LiH]. The zero-order valence-electron chi connectivity index (χ0n) is 6.97. The first kappa shape index (κ1) is 19.9. The minimum atomic E-state index is -2.04. The number of rotatable bonds is 4. The Balaban J connectivity index is -0.000000200. The molecular formula is C4H5BLiN3O7. The Hall–Kier alpha value is -1.63. The first-order valence-electron chi connectivity index (χ1n) is 2.93. The predicted molar refractivity (Wildman–Crippen MR) is 44.5 cm³/mol. The van der Waals surface area contributed by atoms with E-state index in [0.29, 0.717) is 0 Å². The Kier molecular flexibility index (Phi) is 19.7. The Morgan fingerprint density at radius 1 is 1.00 bits per heavy atom. The Bertz CT molecular complexity index is 254. The number of ether oxygens (including phenoxy) is 2. The van der Waals surface area contributed by atoms with Gasteiger partial charge >= 0.3 is 38.9 Å². The van der Waals surface area contributed by atoms with Crippen molar-refractivity contribution in [2.24, 2.45) is 0 Å². The number of aliphatic hydroxyl groups excluding tert-OH is 1. The molecular weight excluding hydrogens is 220 g/mol. The van der Waals surface area contributed by atoms with Crippen LogP contribution in [-0.2, 0) is 19.2 Å². The van der Waals surface area contributed by atoms with Crippen LogP contribution in [0.3, 0.4) is 0 Å². The predicted octanol–water partition coefficient (Wildman–Crippen LogP) is -3.01. The topological polar surface area (TPSA) is 169 Å². The molecule has 0 aromatic heterocycles. The third-order valence-electron chi connectivity index (χ3n) is 0.478. The summed E-state index contributed by atoms with van der Waals surface area (Å²) in [7, 11) is -2.04. The Morgan fingerprint density at radius 3 is 1.62 bits per heavy atom. The molecule has 0 aliphatic heterocycles. The number of hydrogen-bond acceptors (Lipinski definition) is 10. The van der Waals surface area contributed by atoms with Gasteiger partial charge in [-0.15, -0.1) is 5.26 Å². The van der Waals surface area contributed by atoms with Crippen molar-refractivity contribution in [1.82, 2.24) is 0 Å². The minimum absolute atomic E-state index is 0. The van der Waals surface area contributed by atoms with Crippen LogP contribution < -0.4 is 0 Å². The quantitative estimate of drug-likeness (QED) is 0.147. The van der Waals surface area contributed by atoms with E-state index in [1.165, 1.54) is 0 Å².